The third-order valence-electron chi connectivity index (χ3n) is 2.08. The molecule has 0 radical (unpaired) electrons. The van der Waals surface area contributed by atoms with E-state index in [1.54, 1.807) is 24.3 Å². The van der Waals surface area contributed by atoms with Crippen molar-refractivity contribution in [1.82, 2.24) is 4.98 Å². The van der Waals surface area contributed by atoms with Crippen molar-refractivity contribution in [3.63, 3.8) is 0 Å². The Bertz CT molecular complexity index is 632. The van der Waals surface area contributed by atoms with Crippen molar-refractivity contribution in [2.24, 2.45) is 4.99 Å². The predicted octanol–water partition coefficient (Wildman–Crippen LogP) is 5.57. The summed E-state index contributed by atoms with van der Waals surface area (Å²) >= 11 is 22.1. The van der Waals surface area contributed by atoms with E-state index in [1.165, 1.54) is 6.20 Å². The van der Waals surface area contributed by atoms with Gasteiger partial charge in [0.25, 0.3) is 0 Å². The molecular weight excluding hydrogens is 327 g/mol. The Balaban J connectivity index is 2.23. The molecule has 7 heteroatoms. The molecule has 0 aliphatic carbocycles. The summed E-state index contributed by atoms with van der Waals surface area (Å²) in [4.78, 5) is 7.83. The highest BCUT2D eigenvalue weighted by Crippen LogP contribution is 2.35. The third kappa shape index (κ3) is 3.66. The van der Waals surface area contributed by atoms with Crippen LogP contribution in [0.5, 0.6) is 11.6 Å². The molecule has 3 nitrogen and oxygen atoms in total. The molecule has 0 bridgehead atoms. The molecule has 1 aromatic heterocycles. The minimum Gasteiger partial charge on any atom is -0.439 e. The second-order valence-corrected chi connectivity index (χ2v) is 4.74. The third-order valence-corrected chi connectivity index (χ3v) is 3.36. The van der Waals surface area contributed by atoms with Gasteiger partial charge >= 0.3 is 0 Å². The van der Waals surface area contributed by atoms with Gasteiger partial charge in [0.2, 0.25) is 5.88 Å². The van der Waals surface area contributed by atoms with Crippen molar-refractivity contribution in [2.45, 2.75) is 0 Å². The van der Waals surface area contributed by atoms with Crippen LogP contribution in [0.25, 0.3) is 0 Å². The van der Waals surface area contributed by atoms with Crippen LogP contribution in [-0.2, 0) is 0 Å². The number of hydrogen-bond donors (Lipinski definition) is 0. The zero-order valence-electron chi connectivity index (χ0n) is 9.23. The van der Waals surface area contributed by atoms with E-state index in [4.69, 9.17) is 39.5 Å². The summed E-state index contributed by atoms with van der Waals surface area (Å²) in [5.41, 5.74) is 0.592. The number of isothiocyanates is 1. The standard InChI is InChI=1S/C12H5Cl3N2OS/c13-9-3-8(4-10(14)12(9)15)18-11-2-1-7(5-16-11)17-6-19/h1-5H. The molecule has 0 aliphatic rings. The van der Waals surface area contributed by atoms with Crippen LogP contribution < -0.4 is 4.74 Å². The lowest BCUT2D eigenvalue weighted by Crippen LogP contribution is -1.87. The Morgan fingerprint density at radius 1 is 1.16 bits per heavy atom. The lowest BCUT2D eigenvalue weighted by molar-refractivity contribution is 0.463. The van der Waals surface area contributed by atoms with E-state index in [2.05, 4.69) is 27.4 Å². The first-order chi connectivity index (χ1) is 9.10. The van der Waals surface area contributed by atoms with E-state index < -0.39 is 0 Å². The predicted molar refractivity (Wildman–Crippen MR) is 80.5 cm³/mol. The number of nitrogens with zero attached hydrogens (tertiary/aromatic N) is 2. The molecule has 0 amide bonds. The van der Waals surface area contributed by atoms with E-state index in [9.17, 15) is 0 Å². The highest BCUT2D eigenvalue weighted by atomic mass is 35.5. The molecule has 0 fully saturated rings. The van der Waals surface area contributed by atoms with Gasteiger partial charge in [-0.15, -0.1) is 0 Å². The topological polar surface area (TPSA) is 34.5 Å². The molecule has 0 unspecified atom stereocenters. The number of rotatable bonds is 3. The zero-order valence-corrected chi connectivity index (χ0v) is 12.3. The minimum absolute atomic E-state index is 0.286. The van der Waals surface area contributed by atoms with Crippen molar-refractivity contribution < 1.29 is 4.74 Å². The summed E-state index contributed by atoms with van der Waals surface area (Å²) in [5, 5.41) is 3.16. The van der Waals surface area contributed by atoms with Gasteiger partial charge in [0, 0.05) is 18.2 Å². The van der Waals surface area contributed by atoms with Crippen LogP contribution in [0.2, 0.25) is 15.1 Å². The molecule has 2 rings (SSSR count). The summed E-state index contributed by atoms with van der Waals surface area (Å²) in [6, 6.07) is 6.45. The fraction of sp³-hybridized carbons (Fsp3) is 0. The van der Waals surface area contributed by atoms with Crippen LogP contribution in [0, 0.1) is 0 Å². The van der Waals surface area contributed by atoms with Crippen LogP contribution in [0.1, 0.15) is 0 Å². The van der Waals surface area contributed by atoms with Crippen LogP contribution in [0.4, 0.5) is 5.69 Å². The molecule has 2 aromatic rings. The SMILES string of the molecule is S=C=Nc1ccc(Oc2cc(Cl)c(Cl)c(Cl)c2)nc1. The van der Waals surface area contributed by atoms with Crippen molar-refractivity contribution in [3.8, 4) is 11.6 Å². The lowest BCUT2D eigenvalue weighted by atomic mass is 10.3. The first-order valence-electron chi connectivity index (χ1n) is 4.96. The van der Waals surface area contributed by atoms with Crippen molar-refractivity contribution in [1.29, 1.82) is 0 Å². The van der Waals surface area contributed by atoms with Gasteiger partial charge in [-0.1, -0.05) is 34.8 Å². The fourth-order valence-corrected chi connectivity index (χ4v) is 1.95. The molecule has 0 saturated heterocycles. The van der Waals surface area contributed by atoms with E-state index in [-0.39, 0.29) is 5.02 Å². The number of benzene rings is 1. The number of aromatic nitrogens is 1. The smallest absolute Gasteiger partial charge is 0.219 e. The van der Waals surface area contributed by atoms with Gasteiger partial charge in [0.05, 0.1) is 32.1 Å². The first kappa shape index (κ1) is 14.3. The summed E-state index contributed by atoms with van der Waals surface area (Å²) in [7, 11) is 0. The average Bonchev–Trinajstić information content (AvgIpc) is 2.38. The molecule has 0 N–H and O–H groups in total. The molecule has 1 heterocycles. The minimum atomic E-state index is 0.286. The van der Waals surface area contributed by atoms with Gasteiger partial charge in [-0.3, -0.25) is 0 Å². The van der Waals surface area contributed by atoms with Crippen LogP contribution >= 0.6 is 47.0 Å². The van der Waals surface area contributed by atoms with Crippen molar-refractivity contribution in [3.05, 3.63) is 45.5 Å². The molecule has 0 aliphatic heterocycles. The van der Waals surface area contributed by atoms with Gasteiger partial charge < -0.3 is 4.74 Å². The van der Waals surface area contributed by atoms with E-state index >= 15 is 0 Å². The highest BCUT2D eigenvalue weighted by molar-refractivity contribution is 7.78. The Morgan fingerprint density at radius 2 is 1.84 bits per heavy atom. The Morgan fingerprint density at radius 3 is 2.37 bits per heavy atom. The lowest BCUT2D eigenvalue weighted by Gasteiger charge is -2.07. The molecule has 0 atom stereocenters. The maximum Gasteiger partial charge on any atom is 0.219 e. The Labute approximate surface area is 129 Å². The average molecular weight is 332 g/mol. The summed E-state index contributed by atoms with van der Waals surface area (Å²) in [6.45, 7) is 0. The van der Waals surface area contributed by atoms with Gasteiger partial charge in [-0.25, -0.2) is 4.98 Å². The first-order valence-corrected chi connectivity index (χ1v) is 6.50. The van der Waals surface area contributed by atoms with Gasteiger partial charge in [-0.2, -0.15) is 4.99 Å². The van der Waals surface area contributed by atoms with Gasteiger partial charge in [0.1, 0.15) is 5.75 Å². The van der Waals surface area contributed by atoms with Gasteiger partial charge in [0.15, 0.2) is 0 Å². The maximum absolute atomic E-state index is 5.90. The molecule has 96 valence electrons. The molecular formula is C12H5Cl3N2OS. The number of hydrogen-bond acceptors (Lipinski definition) is 4. The van der Waals surface area contributed by atoms with Crippen molar-refractivity contribution >= 4 is 57.9 Å². The van der Waals surface area contributed by atoms with Crippen molar-refractivity contribution in [2.75, 3.05) is 0 Å². The Hall–Kier alpha value is -1.16. The van der Waals surface area contributed by atoms with Crippen LogP contribution in [0.3, 0.4) is 0 Å². The summed E-state index contributed by atoms with van der Waals surface area (Å²) in [6.07, 6.45) is 1.51. The largest absolute Gasteiger partial charge is 0.439 e. The maximum atomic E-state index is 5.90. The van der Waals surface area contributed by atoms with E-state index in [0.29, 0.717) is 27.4 Å². The number of aliphatic imine (C=N–C) groups is 1. The normalized spacial score (nSPS) is 9.84. The molecule has 1 aromatic carbocycles. The van der Waals surface area contributed by atoms with E-state index in [1.807, 2.05) is 0 Å². The molecule has 19 heavy (non-hydrogen) atoms. The van der Waals surface area contributed by atoms with Crippen LogP contribution in [-0.4, -0.2) is 10.1 Å². The second kappa shape index (κ2) is 6.33. The number of ether oxygens (including phenoxy) is 1. The van der Waals surface area contributed by atoms with Crippen LogP contribution in [0.15, 0.2) is 35.5 Å². The monoisotopic (exact) mass is 330 g/mol. The zero-order chi connectivity index (χ0) is 13.8. The summed E-state index contributed by atoms with van der Waals surface area (Å²) < 4.78 is 5.50. The number of halogens is 3. The highest BCUT2D eigenvalue weighted by Gasteiger charge is 2.08. The Kier molecular flexibility index (Phi) is 4.75. The van der Waals surface area contributed by atoms with E-state index in [0.717, 1.165) is 0 Å². The quantitative estimate of drug-likeness (QED) is 0.419. The second-order valence-electron chi connectivity index (χ2n) is 3.36. The fourth-order valence-electron chi connectivity index (χ4n) is 1.26. The number of pyridine rings is 1. The van der Waals surface area contributed by atoms with Gasteiger partial charge in [-0.05, 0) is 18.3 Å². The summed E-state index contributed by atoms with van der Waals surface area (Å²) in [5.74, 6) is 0.816. The molecule has 0 spiro atoms. The molecule has 0 saturated carbocycles. The number of thiocarbonyl (C=S) groups is 1.